The lowest BCUT2D eigenvalue weighted by molar-refractivity contribution is 0.0514. The molecule has 4 aromatic carbocycles. The molecule has 0 unspecified atom stereocenters. The Morgan fingerprint density at radius 1 is 0.619 bits per heavy atom. The quantitative estimate of drug-likeness (QED) is 0.0518. The minimum atomic E-state index is -0.595. The van der Waals surface area contributed by atoms with Gasteiger partial charge in [-0.3, -0.25) is 9.59 Å². The van der Waals surface area contributed by atoms with Gasteiger partial charge in [0, 0.05) is 26.5 Å². The number of rotatable bonds is 13. The molecule has 0 heterocycles. The second kappa shape index (κ2) is 17.5. The predicted octanol–water partition coefficient (Wildman–Crippen LogP) is 9.46. The zero-order valence-corrected chi connectivity index (χ0v) is 25.2. The predicted molar refractivity (Wildman–Crippen MR) is 171 cm³/mol. The van der Waals surface area contributed by atoms with Gasteiger partial charge >= 0.3 is 5.97 Å². The molecule has 0 N–H and O–H groups in total. The lowest BCUT2D eigenvalue weighted by Gasteiger charge is -2.08. The van der Waals surface area contributed by atoms with Gasteiger partial charge in [-0.25, -0.2) is 4.79 Å². The van der Waals surface area contributed by atoms with E-state index < -0.39 is 5.97 Å². The molecule has 4 rings (SSSR count). The van der Waals surface area contributed by atoms with Gasteiger partial charge in [0.2, 0.25) is 5.78 Å². The Balaban J connectivity index is 0.00000237. The van der Waals surface area contributed by atoms with Crippen molar-refractivity contribution in [3.8, 4) is 0 Å². The van der Waals surface area contributed by atoms with Crippen molar-refractivity contribution in [2.24, 2.45) is 5.16 Å². The highest BCUT2D eigenvalue weighted by molar-refractivity contribution is 7.99. The van der Waals surface area contributed by atoms with Crippen LogP contribution in [-0.4, -0.2) is 23.2 Å². The van der Waals surface area contributed by atoms with Crippen LogP contribution in [0.1, 0.15) is 89.5 Å². The highest BCUT2D eigenvalue weighted by atomic mass is 32.2. The summed E-state index contributed by atoms with van der Waals surface area (Å²) in [7, 11) is 0. The Kier molecular flexibility index (Phi) is 13.4. The number of hydrogen-bond acceptors (Lipinski definition) is 6. The average molecular weight is 580 g/mol. The van der Waals surface area contributed by atoms with E-state index in [1.54, 1.807) is 48.2 Å². The SMILES string of the molecule is CC.CCCCCC/C(=N/OC(=O)c1ccccc1)C(=O)c1ccc(Sc2ccc(C(=O)c3ccccc3)cc2)cc1. The molecule has 0 bridgehead atoms. The molecule has 0 spiro atoms. The van der Waals surface area contributed by atoms with Crippen molar-refractivity contribution < 1.29 is 19.2 Å². The maximum absolute atomic E-state index is 13.3. The molecule has 0 fully saturated rings. The number of Topliss-reactive ketones (excluding diaryl/α,β-unsaturated/α-hetero) is 1. The lowest BCUT2D eigenvalue weighted by atomic mass is 10.0. The van der Waals surface area contributed by atoms with Crippen molar-refractivity contribution in [2.75, 3.05) is 0 Å². The molecule has 42 heavy (non-hydrogen) atoms. The van der Waals surface area contributed by atoms with Crippen molar-refractivity contribution >= 4 is 35.0 Å². The third-order valence-corrected chi connectivity index (χ3v) is 7.30. The third-order valence-electron chi connectivity index (χ3n) is 6.28. The second-order valence-electron chi connectivity index (χ2n) is 9.27. The summed E-state index contributed by atoms with van der Waals surface area (Å²) in [6.07, 6.45) is 4.34. The molecule has 0 amide bonds. The van der Waals surface area contributed by atoms with Gasteiger partial charge in [0.05, 0.1) is 5.56 Å². The normalized spacial score (nSPS) is 10.8. The molecule has 6 heteroatoms. The molecular formula is C36H37NO4S. The van der Waals surface area contributed by atoms with Crippen LogP contribution in [0.4, 0.5) is 0 Å². The fourth-order valence-electron chi connectivity index (χ4n) is 4.05. The average Bonchev–Trinajstić information content (AvgIpc) is 3.06. The van der Waals surface area contributed by atoms with Gasteiger partial charge in [-0.15, -0.1) is 0 Å². The molecule has 0 atom stereocenters. The molecule has 0 aromatic heterocycles. The molecule has 4 aromatic rings. The van der Waals surface area contributed by atoms with Crippen LogP contribution in [0.25, 0.3) is 0 Å². The van der Waals surface area contributed by atoms with E-state index >= 15 is 0 Å². The lowest BCUT2D eigenvalue weighted by Crippen LogP contribution is -2.16. The third kappa shape index (κ3) is 9.67. The Morgan fingerprint density at radius 3 is 1.67 bits per heavy atom. The summed E-state index contributed by atoms with van der Waals surface area (Å²) < 4.78 is 0. The summed E-state index contributed by atoms with van der Waals surface area (Å²) in [4.78, 5) is 45.4. The molecule has 0 aliphatic carbocycles. The van der Waals surface area contributed by atoms with Crippen molar-refractivity contribution in [1.29, 1.82) is 0 Å². The van der Waals surface area contributed by atoms with Crippen LogP contribution in [0.15, 0.2) is 124 Å². The van der Waals surface area contributed by atoms with E-state index in [0.717, 1.165) is 35.5 Å². The zero-order chi connectivity index (χ0) is 30.2. The number of unbranched alkanes of at least 4 members (excludes halogenated alkanes) is 3. The summed E-state index contributed by atoms with van der Waals surface area (Å²) in [6, 6.07) is 32.6. The van der Waals surface area contributed by atoms with Gasteiger partial charge in [-0.1, -0.05) is 105 Å². The smallest absolute Gasteiger partial charge is 0.312 e. The summed E-state index contributed by atoms with van der Waals surface area (Å²) >= 11 is 1.54. The summed E-state index contributed by atoms with van der Waals surface area (Å²) in [5.41, 5.74) is 2.39. The number of nitrogens with zero attached hydrogens (tertiary/aromatic N) is 1. The van der Waals surface area contributed by atoms with E-state index in [1.807, 2.05) is 86.6 Å². The number of ketones is 2. The van der Waals surface area contributed by atoms with E-state index in [4.69, 9.17) is 4.84 Å². The highest BCUT2D eigenvalue weighted by Gasteiger charge is 2.17. The first-order valence-electron chi connectivity index (χ1n) is 14.4. The molecule has 216 valence electrons. The van der Waals surface area contributed by atoms with E-state index in [-0.39, 0.29) is 17.3 Å². The first-order valence-corrected chi connectivity index (χ1v) is 15.2. The minimum absolute atomic E-state index is 0.0124. The molecule has 0 aliphatic rings. The van der Waals surface area contributed by atoms with Crippen LogP contribution in [-0.2, 0) is 4.84 Å². The van der Waals surface area contributed by atoms with Crippen LogP contribution in [0.3, 0.4) is 0 Å². The number of carbonyl (C=O) groups excluding carboxylic acids is 3. The van der Waals surface area contributed by atoms with Crippen LogP contribution in [0, 0.1) is 0 Å². The monoisotopic (exact) mass is 579 g/mol. The van der Waals surface area contributed by atoms with Gasteiger partial charge in [-0.05, 0) is 73.5 Å². The molecule has 0 aliphatic heterocycles. The fraction of sp³-hybridized carbons (Fsp3) is 0.222. The highest BCUT2D eigenvalue weighted by Crippen LogP contribution is 2.28. The Labute approximate surface area is 253 Å². The van der Waals surface area contributed by atoms with Gasteiger partial charge in [0.1, 0.15) is 5.71 Å². The van der Waals surface area contributed by atoms with E-state index in [2.05, 4.69) is 12.1 Å². The topological polar surface area (TPSA) is 72.8 Å². The molecule has 0 saturated carbocycles. The number of oxime groups is 1. The van der Waals surface area contributed by atoms with Crippen molar-refractivity contribution in [1.82, 2.24) is 0 Å². The maximum atomic E-state index is 13.3. The summed E-state index contributed by atoms with van der Waals surface area (Å²) in [5, 5.41) is 3.99. The van der Waals surface area contributed by atoms with Crippen LogP contribution in [0.2, 0.25) is 0 Å². The molecular weight excluding hydrogens is 542 g/mol. The molecule has 0 radical (unpaired) electrons. The molecule has 0 saturated heterocycles. The Bertz CT molecular complexity index is 1450. The first kappa shape index (κ1) is 32.2. The number of benzene rings is 4. The Hall–Kier alpha value is -4.29. The van der Waals surface area contributed by atoms with Crippen LogP contribution < -0.4 is 0 Å². The van der Waals surface area contributed by atoms with E-state index in [0.29, 0.717) is 28.7 Å². The standard InChI is InChI=1S/C34H31NO4S.C2H6/c1-2-3-4-11-16-31(35-39-34(38)28-14-9-6-10-15-28)33(37)27-19-23-30(24-20-27)40-29-21-17-26(18-22-29)32(36)25-12-7-5-8-13-25;1-2/h5-10,12-15,17-24H,2-4,11,16H2,1H3;1-2H3/b35-31-;. The zero-order valence-electron chi connectivity index (χ0n) is 24.4. The molecule has 5 nitrogen and oxygen atoms in total. The number of carbonyl (C=O) groups is 3. The van der Waals surface area contributed by atoms with E-state index in [9.17, 15) is 14.4 Å². The van der Waals surface area contributed by atoms with Crippen LogP contribution >= 0.6 is 11.8 Å². The second-order valence-corrected chi connectivity index (χ2v) is 10.4. The van der Waals surface area contributed by atoms with Gasteiger partial charge in [-0.2, -0.15) is 0 Å². The van der Waals surface area contributed by atoms with Gasteiger partial charge in [0.15, 0.2) is 5.78 Å². The summed E-state index contributed by atoms with van der Waals surface area (Å²) in [6.45, 7) is 6.12. The minimum Gasteiger partial charge on any atom is -0.312 e. The Morgan fingerprint density at radius 2 is 1.12 bits per heavy atom. The maximum Gasteiger partial charge on any atom is 0.365 e. The van der Waals surface area contributed by atoms with Gasteiger partial charge < -0.3 is 4.84 Å². The van der Waals surface area contributed by atoms with Crippen molar-refractivity contribution in [2.45, 2.75) is 62.7 Å². The van der Waals surface area contributed by atoms with Crippen LogP contribution in [0.5, 0.6) is 0 Å². The number of hydrogen-bond donors (Lipinski definition) is 0. The van der Waals surface area contributed by atoms with Gasteiger partial charge in [0.25, 0.3) is 0 Å². The largest absolute Gasteiger partial charge is 0.365 e. The van der Waals surface area contributed by atoms with E-state index in [1.165, 1.54) is 0 Å². The fourth-order valence-corrected chi connectivity index (χ4v) is 4.87. The first-order chi connectivity index (χ1) is 20.5. The van der Waals surface area contributed by atoms with Crippen molar-refractivity contribution in [3.05, 3.63) is 131 Å². The summed E-state index contributed by atoms with van der Waals surface area (Å²) in [5.74, 6) is -0.859. The van der Waals surface area contributed by atoms with Crippen molar-refractivity contribution in [3.63, 3.8) is 0 Å².